The molecule has 1 N–H and O–H groups in total. The quantitative estimate of drug-likeness (QED) is 0.576. The topological polar surface area (TPSA) is 12.0 Å². The summed E-state index contributed by atoms with van der Waals surface area (Å²) in [5.41, 5.74) is 0.264. The molecule has 0 bridgehead atoms. The van der Waals surface area contributed by atoms with Gasteiger partial charge in [-0.2, -0.15) is 0 Å². The van der Waals surface area contributed by atoms with Crippen LogP contribution in [0.5, 0.6) is 0 Å². The van der Waals surface area contributed by atoms with Gasteiger partial charge in [0.15, 0.2) is 0 Å². The smallest absolute Gasteiger partial charge is 0.00966 e. The number of unbranched alkanes of at least 4 members (excludes halogenated alkanes) is 1. The average molecular weight is 296 g/mol. The zero-order chi connectivity index (χ0) is 15.9. The molecule has 1 heteroatoms. The highest BCUT2D eigenvalue weighted by atomic mass is 14.9. The lowest BCUT2D eigenvalue weighted by atomic mass is 9.70. The van der Waals surface area contributed by atoms with Gasteiger partial charge in [-0.15, -0.1) is 0 Å². The van der Waals surface area contributed by atoms with Crippen LogP contribution in [0.25, 0.3) is 0 Å². The van der Waals surface area contributed by atoms with Crippen LogP contribution in [0.2, 0.25) is 0 Å². The number of hydrogen-bond acceptors (Lipinski definition) is 1. The maximum Gasteiger partial charge on any atom is 0.00966 e. The minimum absolute atomic E-state index is 0.264. The second-order valence-corrected chi connectivity index (χ2v) is 8.72. The van der Waals surface area contributed by atoms with E-state index in [9.17, 15) is 0 Å². The van der Waals surface area contributed by atoms with E-state index >= 15 is 0 Å². The molecule has 0 heterocycles. The van der Waals surface area contributed by atoms with Crippen molar-refractivity contribution in [3.8, 4) is 0 Å². The fourth-order valence-electron chi connectivity index (χ4n) is 3.97. The lowest BCUT2D eigenvalue weighted by Gasteiger charge is -2.38. The van der Waals surface area contributed by atoms with Gasteiger partial charge in [0.05, 0.1) is 0 Å². The van der Waals surface area contributed by atoms with Crippen molar-refractivity contribution in [1.82, 2.24) is 5.32 Å². The van der Waals surface area contributed by atoms with Crippen LogP contribution in [0.4, 0.5) is 0 Å². The van der Waals surface area contributed by atoms with Crippen LogP contribution in [-0.4, -0.2) is 12.1 Å². The van der Waals surface area contributed by atoms with Gasteiger partial charge in [0.25, 0.3) is 0 Å². The molecule has 4 atom stereocenters. The predicted molar refractivity (Wildman–Crippen MR) is 95.7 cm³/mol. The summed E-state index contributed by atoms with van der Waals surface area (Å²) in [6, 6.07) is 0. The molecule has 0 radical (unpaired) electrons. The zero-order valence-corrected chi connectivity index (χ0v) is 15.7. The fourth-order valence-corrected chi connectivity index (χ4v) is 3.97. The van der Waals surface area contributed by atoms with E-state index in [-0.39, 0.29) is 5.54 Å². The highest BCUT2D eigenvalue weighted by Crippen LogP contribution is 2.38. The molecule has 0 aromatic rings. The van der Waals surface area contributed by atoms with E-state index < -0.39 is 0 Å². The normalized spacial score (nSPS) is 28.6. The van der Waals surface area contributed by atoms with E-state index in [4.69, 9.17) is 0 Å². The van der Waals surface area contributed by atoms with Crippen molar-refractivity contribution in [2.45, 2.75) is 98.4 Å². The van der Waals surface area contributed by atoms with Gasteiger partial charge < -0.3 is 5.32 Å². The summed E-state index contributed by atoms with van der Waals surface area (Å²) >= 11 is 0. The van der Waals surface area contributed by atoms with Gasteiger partial charge in [-0.25, -0.2) is 0 Å². The first kappa shape index (κ1) is 19.0. The first-order valence-corrected chi connectivity index (χ1v) is 9.60. The third-order valence-electron chi connectivity index (χ3n) is 5.48. The fraction of sp³-hybridized carbons (Fsp3) is 1.00. The Morgan fingerprint density at radius 3 is 2.38 bits per heavy atom. The van der Waals surface area contributed by atoms with Gasteiger partial charge in [-0.05, 0) is 70.3 Å². The summed E-state index contributed by atoms with van der Waals surface area (Å²) in [6.45, 7) is 15.3. The molecule has 1 aliphatic carbocycles. The molecule has 21 heavy (non-hydrogen) atoms. The average Bonchev–Trinajstić information content (AvgIpc) is 2.41. The third kappa shape index (κ3) is 7.68. The van der Waals surface area contributed by atoms with Gasteiger partial charge in [0, 0.05) is 5.54 Å². The maximum absolute atomic E-state index is 3.77. The Hall–Kier alpha value is -0.0400. The van der Waals surface area contributed by atoms with E-state index in [1.807, 2.05) is 0 Å². The van der Waals surface area contributed by atoms with Crippen molar-refractivity contribution >= 4 is 0 Å². The molecule has 1 aliphatic rings. The van der Waals surface area contributed by atoms with Crippen LogP contribution < -0.4 is 5.32 Å². The van der Waals surface area contributed by atoms with Crippen LogP contribution in [0, 0.1) is 23.7 Å². The number of hydrogen-bond donors (Lipinski definition) is 1. The zero-order valence-electron chi connectivity index (χ0n) is 15.7. The van der Waals surface area contributed by atoms with Crippen LogP contribution in [0.1, 0.15) is 92.9 Å². The molecule has 0 aromatic heterocycles. The van der Waals surface area contributed by atoms with Crippen LogP contribution in [-0.2, 0) is 0 Å². The number of rotatable bonds is 8. The molecule has 0 spiro atoms. The Bertz CT molecular complexity index is 266. The second kappa shape index (κ2) is 9.18. The Morgan fingerprint density at radius 1 is 1.10 bits per heavy atom. The van der Waals surface area contributed by atoms with Gasteiger partial charge >= 0.3 is 0 Å². The molecule has 1 rings (SSSR count). The van der Waals surface area contributed by atoms with Crippen LogP contribution in [0.15, 0.2) is 0 Å². The molecule has 0 aromatic carbocycles. The summed E-state index contributed by atoms with van der Waals surface area (Å²) in [6.07, 6.45) is 11.5. The van der Waals surface area contributed by atoms with Crippen molar-refractivity contribution in [3.05, 3.63) is 0 Å². The van der Waals surface area contributed by atoms with Crippen molar-refractivity contribution in [2.75, 3.05) is 6.54 Å². The Kier molecular flexibility index (Phi) is 8.31. The molecular weight excluding hydrogens is 254 g/mol. The van der Waals surface area contributed by atoms with E-state index in [0.717, 1.165) is 23.7 Å². The minimum atomic E-state index is 0.264. The highest BCUT2D eigenvalue weighted by molar-refractivity contribution is 4.84. The molecular formula is C20H41N. The molecule has 1 fully saturated rings. The summed E-state index contributed by atoms with van der Waals surface area (Å²) in [5, 5.41) is 3.77. The first-order chi connectivity index (χ1) is 9.85. The monoisotopic (exact) mass is 295 g/mol. The van der Waals surface area contributed by atoms with Crippen LogP contribution in [0.3, 0.4) is 0 Å². The summed E-state index contributed by atoms with van der Waals surface area (Å²) in [5.74, 6) is 3.79. The molecule has 0 amide bonds. The summed E-state index contributed by atoms with van der Waals surface area (Å²) in [7, 11) is 0. The SMILES string of the molecule is CCCCC(CC)CC1CC(C)CCC1CNC(C)(C)C. The molecule has 4 unspecified atom stereocenters. The summed E-state index contributed by atoms with van der Waals surface area (Å²) in [4.78, 5) is 0. The molecule has 126 valence electrons. The Morgan fingerprint density at radius 2 is 1.81 bits per heavy atom. The first-order valence-electron chi connectivity index (χ1n) is 9.60. The second-order valence-electron chi connectivity index (χ2n) is 8.72. The van der Waals surface area contributed by atoms with Crippen molar-refractivity contribution in [2.24, 2.45) is 23.7 Å². The van der Waals surface area contributed by atoms with Gasteiger partial charge in [0.2, 0.25) is 0 Å². The largest absolute Gasteiger partial charge is 0.312 e. The third-order valence-corrected chi connectivity index (χ3v) is 5.48. The van der Waals surface area contributed by atoms with E-state index in [2.05, 4.69) is 46.9 Å². The summed E-state index contributed by atoms with van der Waals surface area (Å²) < 4.78 is 0. The lowest BCUT2D eigenvalue weighted by Crippen LogP contribution is -2.42. The Labute approximate surface area is 134 Å². The van der Waals surface area contributed by atoms with E-state index in [1.165, 1.54) is 57.9 Å². The Balaban J connectivity index is 2.54. The van der Waals surface area contributed by atoms with Gasteiger partial charge in [-0.3, -0.25) is 0 Å². The highest BCUT2D eigenvalue weighted by Gasteiger charge is 2.30. The molecule has 0 aliphatic heterocycles. The van der Waals surface area contributed by atoms with Crippen molar-refractivity contribution < 1.29 is 0 Å². The lowest BCUT2D eigenvalue weighted by molar-refractivity contribution is 0.143. The minimum Gasteiger partial charge on any atom is -0.312 e. The van der Waals surface area contributed by atoms with E-state index in [1.54, 1.807) is 0 Å². The van der Waals surface area contributed by atoms with E-state index in [0.29, 0.717) is 0 Å². The molecule has 1 saturated carbocycles. The van der Waals surface area contributed by atoms with Gasteiger partial charge in [0.1, 0.15) is 0 Å². The van der Waals surface area contributed by atoms with Crippen LogP contribution >= 0.6 is 0 Å². The molecule has 1 nitrogen and oxygen atoms in total. The molecule has 0 saturated heterocycles. The number of nitrogens with one attached hydrogen (secondary N) is 1. The maximum atomic E-state index is 3.77. The van der Waals surface area contributed by atoms with Crippen molar-refractivity contribution in [1.29, 1.82) is 0 Å². The van der Waals surface area contributed by atoms with Crippen molar-refractivity contribution in [3.63, 3.8) is 0 Å². The predicted octanol–water partition coefficient (Wildman–Crippen LogP) is 6.03. The standard InChI is InChI=1S/C20H41N/c1-7-9-10-17(8-2)14-19-13-16(3)11-12-18(19)15-21-20(4,5)6/h16-19,21H,7-15H2,1-6H3. The van der Waals surface area contributed by atoms with Gasteiger partial charge in [-0.1, -0.05) is 52.9 Å².